The number of benzene rings is 2. The summed E-state index contributed by atoms with van der Waals surface area (Å²) in [5.41, 5.74) is 1.56. The molecule has 4 rings (SSSR count). The van der Waals surface area contributed by atoms with E-state index in [1.807, 2.05) is 0 Å². The lowest BCUT2D eigenvalue weighted by atomic mass is 10.0. The molecule has 4 aromatic rings. The number of aliphatic hydroxyl groups is 1. The number of rotatable bonds is 10. The lowest BCUT2D eigenvalue weighted by molar-refractivity contribution is -0.274. The highest BCUT2D eigenvalue weighted by atomic mass is 19.4. The predicted molar refractivity (Wildman–Crippen MR) is 155 cm³/mol. The Balaban J connectivity index is 0.000000993. The van der Waals surface area contributed by atoms with Crippen molar-refractivity contribution in [2.45, 2.75) is 66.9 Å². The normalized spacial score (nSPS) is 11.6. The second-order valence-electron chi connectivity index (χ2n) is 9.60. The van der Waals surface area contributed by atoms with Crippen LogP contribution in [0.1, 0.15) is 68.0 Å². The van der Waals surface area contributed by atoms with Crippen LogP contribution in [0.5, 0.6) is 11.5 Å². The van der Waals surface area contributed by atoms with E-state index in [0.717, 1.165) is 7.11 Å². The fraction of sp³-hybridized carbons (Fsp3) is 0.433. The lowest BCUT2D eigenvalue weighted by Gasteiger charge is -2.10. The number of unbranched alkanes of at least 4 members (excludes halogenated alkanes) is 1. The molecule has 0 fully saturated rings. The molecule has 0 saturated carbocycles. The van der Waals surface area contributed by atoms with Crippen molar-refractivity contribution < 1.29 is 37.3 Å². The molecule has 0 bridgehead atoms. The van der Waals surface area contributed by atoms with E-state index in [1.54, 1.807) is 42.7 Å². The average molecular weight is 606 g/mol. The fourth-order valence-corrected chi connectivity index (χ4v) is 3.96. The number of methoxy groups -OCH3 is 1. The smallest absolute Gasteiger partial charge is 0.497 e. The Morgan fingerprint density at radius 3 is 2.16 bits per heavy atom. The Morgan fingerprint density at radius 1 is 1.02 bits per heavy atom. The van der Waals surface area contributed by atoms with Gasteiger partial charge in [0.15, 0.2) is 11.6 Å². The first kappa shape index (κ1) is 34.9. The molecule has 0 aliphatic carbocycles. The Labute approximate surface area is 248 Å². The molecule has 0 saturated heterocycles. The third-order valence-corrected chi connectivity index (χ3v) is 6.53. The van der Waals surface area contributed by atoms with Gasteiger partial charge < -0.3 is 19.1 Å². The van der Waals surface area contributed by atoms with Crippen LogP contribution in [0.2, 0.25) is 0 Å². The van der Waals surface area contributed by atoms with Gasteiger partial charge in [0.05, 0.1) is 31.3 Å². The van der Waals surface area contributed by atoms with Gasteiger partial charge in [0.25, 0.3) is 0 Å². The number of ether oxygens (including phenoxy) is 2. The third kappa shape index (κ3) is 9.37. The SMILES string of the molecule is CCCC.CO.COc1ccc(C(=O)c2c(C)n(Cc3nnn(CC(C)C(C)=O)n3)c3cc(OC(F)(F)F)ccc23)cc1. The van der Waals surface area contributed by atoms with E-state index in [1.165, 1.54) is 49.9 Å². The number of halogens is 3. The van der Waals surface area contributed by atoms with E-state index in [2.05, 4.69) is 34.0 Å². The molecule has 0 radical (unpaired) electrons. The molecule has 0 amide bonds. The summed E-state index contributed by atoms with van der Waals surface area (Å²) in [6.45, 7) is 9.54. The summed E-state index contributed by atoms with van der Waals surface area (Å²) in [5, 5.41) is 19.7. The highest BCUT2D eigenvalue weighted by molar-refractivity contribution is 6.17. The number of nitrogens with zero attached hydrogens (tertiary/aromatic N) is 5. The number of alkyl halides is 3. The van der Waals surface area contributed by atoms with Gasteiger partial charge in [-0.3, -0.25) is 9.59 Å². The van der Waals surface area contributed by atoms with Crippen molar-refractivity contribution in [1.82, 2.24) is 24.8 Å². The van der Waals surface area contributed by atoms with Crippen molar-refractivity contribution in [3.8, 4) is 11.5 Å². The Kier molecular flexibility index (Phi) is 12.9. The first-order valence-corrected chi connectivity index (χ1v) is 13.7. The largest absolute Gasteiger partial charge is 0.573 e. The van der Waals surface area contributed by atoms with E-state index in [9.17, 15) is 22.8 Å². The van der Waals surface area contributed by atoms with E-state index in [4.69, 9.17) is 9.84 Å². The number of hydrogen-bond acceptors (Lipinski definition) is 8. The summed E-state index contributed by atoms with van der Waals surface area (Å²) in [7, 11) is 2.51. The molecule has 1 unspecified atom stereocenters. The van der Waals surface area contributed by atoms with Crippen molar-refractivity contribution >= 4 is 22.5 Å². The van der Waals surface area contributed by atoms with E-state index >= 15 is 0 Å². The van der Waals surface area contributed by atoms with Gasteiger partial charge >= 0.3 is 6.36 Å². The second-order valence-corrected chi connectivity index (χ2v) is 9.60. The number of carbonyl (C=O) groups is 2. The summed E-state index contributed by atoms with van der Waals surface area (Å²) < 4.78 is 49.6. The van der Waals surface area contributed by atoms with Crippen molar-refractivity contribution in [3.05, 3.63) is 65.1 Å². The number of carbonyl (C=O) groups excluding carboxylic acids is 2. The highest BCUT2D eigenvalue weighted by Crippen LogP contribution is 2.33. The van der Waals surface area contributed by atoms with Gasteiger partial charge in [0.1, 0.15) is 17.3 Å². The van der Waals surface area contributed by atoms with Crippen LogP contribution in [0.15, 0.2) is 42.5 Å². The molecule has 10 nitrogen and oxygen atoms in total. The number of aliphatic hydroxyl groups excluding tert-OH is 1. The van der Waals surface area contributed by atoms with Crippen LogP contribution >= 0.6 is 0 Å². The van der Waals surface area contributed by atoms with Crippen LogP contribution in [0.25, 0.3) is 10.9 Å². The molecule has 0 aliphatic rings. The molecule has 2 heterocycles. The molecule has 43 heavy (non-hydrogen) atoms. The quantitative estimate of drug-likeness (QED) is 0.227. The van der Waals surface area contributed by atoms with E-state index in [-0.39, 0.29) is 36.4 Å². The topological polar surface area (TPSA) is 121 Å². The van der Waals surface area contributed by atoms with Gasteiger partial charge in [0, 0.05) is 35.7 Å². The molecule has 13 heteroatoms. The van der Waals surface area contributed by atoms with Crippen molar-refractivity contribution in [2.24, 2.45) is 5.92 Å². The minimum absolute atomic E-state index is 0.0232. The molecule has 234 valence electrons. The number of hydrogen-bond donors (Lipinski definition) is 1. The summed E-state index contributed by atoms with van der Waals surface area (Å²) in [5.74, 6) is -0.217. The monoisotopic (exact) mass is 605 g/mol. The minimum Gasteiger partial charge on any atom is -0.497 e. The maximum atomic E-state index is 13.5. The zero-order chi connectivity index (χ0) is 32.3. The fourth-order valence-electron chi connectivity index (χ4n) is 3.96. The molecule has 0 spiro atoms. The summed E-state index contributed by atoms with van der Waals surface area (Å²) in [6, 6.07) is 10.4. The summed E-state index contributed by atoms with van der Waals surface area (Å²) in [4.78, 5) is 26.4. The Bertz CT molecular complexity index is 1490. The average Bonchev–Trinajstić information content (AvgIpc) is 3.54. The lowest BCUT2D eigenvalue weighted by Crippen LogP contribution is -2.17. The molecule has 1 N–H and O–H groups in total. The number of Topliss-reactive ketones (excluding diaryl/α,β-unsaturated/α-hetero) is 1. The number of ketones is 2. The van der Waals surface area contributed by atoms with E-state index in [0.29, 0.717) is 33.5 Å². The van der Waals surface area contributed by atoms with Crippen LogP contribution in [0.4, 0.5) is 13.2 Å². The van der Waals surface area contributed by atoms with Crippen LogP contribution < -0.4 is 9.47 Å². The zero-order valence-electron chi connectivity index (χ0n) is 25.4. The Hall–Kier alpha value is -4.26. The molecule has 1 atom stereocenters. The van der Waals surface area contributed by atoms with Gasteiger partial charge in [-0.1, -0.05) is 33.6 Å². The number of fused-ring (bicyclic) bond motifs is 1. The standard InChI is InChI=1S/C25H24F3N5O4.C4H10.CH4O/c1-14(16(3)34)12-33-30-22(29-31-33)13-32-15(2)23(24(35)17-5-7-18(36-4)8-6-17)20-10-9-19(11-21(20)32)37-25(26,27)28;1-3-4-2;1-2/h5-11,14H,12-13H2,1-4H3;3-4H2,1-2H3;2H,1H3. The van der Waals surface area contributed by atoms with Crippen molar-refractivity contribution in [1.29, 1.82) is 0 Å². The minimum atomic E-state index is -4.88. The van der Waals surface area contributed by atoms with Gasteiger partial charge in [-0.25, -0.2) is 0 Å². The maximum absolute atomic E-state index is 13.5. The molecular formula is C30H38F3N5O5. The van der Waals surface area contributed by atoms with Crippen LogP contribution in [0, 0.1) is 12.8 Å². The molecule has 0 aliphatic heterocycles. The second kappa shape index (κ2) is 15.8. The summed E-state index contributed by atoms with van der Waals surface area (Å²) in [6.07, 6.45) is -2.24. The third-order valence-electron chi connectivity index (χ3n) is 6.53. The van der Waals surface area contributed by atoms with Gasteiger partial charge in [-0.2, -0.15) is 4.80 Å². The molecule has 2 aromatic carbocycles. The number of aromatic nitrogens is 5. The van der Waals surface area contributed by atoms with Gasteiger partial charge in [0.2, 0.25) is 0 Å². The van der Waals surface area contributed by atoms with Gasteiger partial charge in [-0.05, 0) is 55.5 Å². The highest BCUT2D eigenvalue weighted by Gasteiger charge is 2.32. The van der Waals surface area contributed by atoms with Crippen molar-refractivity contribution in [3.63, 3.8) is 0 Å². The van der Waals surface area contributed by atoms with Crippen LogP contribution in [0.3, 0.4) is 0 Å². The number of tetrazole rings is 1. The van der Waals surface area contributed by atoms with E-state index < -0.39 is 12.1 Å². The maximum Gasteiger partial charge on any atom is 0.573 e. The zero-order valence-corrected chi connectivity index (χ0v) is 25.4. The van der Waals surface area contributed by atoms with Crippen LogP contribution in [-0.4, -0.2) is 62.0 Å². The van der Waals surface area contributed by atoms with Crippen LogP contribution in [-0.2, 0) is 17.9 Å². The summed E-state index contributed by atoms with van der Waals surface area (Å²) >= 11 is 0. The first-order valence-electron chi connectivity index (χ1n) is 13.7. The van der Waals surface area contributed by atoms with Gasteiger partial charge in [-0.15, -0.1) is 23.4 Å². The molecule has 2 aromatic heterocycles. The predicted octanol–water partition coefficient (Wildman–Crippen LogP) is 5.76. The van der Waals surface area contributed by atoms with Crippen molar-refractivity contribution in [2.75, 3.05) is 14.2 Å². The molecular weight excluding hydrogens is 567 g/mol. The first-order chi connectivity index (χ1) is 20.4. The Morgan fingerprint density at radius 2 is 1.63 bits per heavy atom.